The van der Waals surface area contributed by atoms with Gasteiger partial charge in [0.2, 0.25) is 5.91 Å². The van der Waals surface area contributed by atoms with Gasteiger partial charge in [0, 0.05) is 6.54 Å². The molecule has 0 saturated heterocycles. The fraction of sp³-hybridized carbons (Fsp3) is 0.222. The second kappa shape index (κ2) is 19.5. The third kappa shape index (κ3) is 10.7. The quantitative estimate of drug-likeness (QED) is 0.0731. The van der Waals surface area contributed by atoms with E-state index in [1.165, 1.54) is 9.80 Å². The van der Waals surface area contributed by atoms with E-state index in [4.69, 9.17) is 20.6 Å². The van der Waals surface area contributed by atoms with Crippen LogP contribution in [0.5, 0.6) is 0 Å². The normalized spacial score (nSPS) is 11.6. The van der Waals surface area contributed by atoms with Crippen molar-refractivity contribution >= 4 is 30.0 Å². The molecule has 0 saturated carbocycles. The Morgan fingerprint density at radius 2 is 1.12 bits per heavy atom. The van der Waals surface area contributed by atoms with Gasteiger partial charge in [-0.3, -0.25) is 30.1 Å². The summed E-state index contributed by atoms with van der Waals surface area (Å²) >= 11 is 0. The Labute approximate surface area is 327 Å². The van der Waals surface area contributed by atoms with Gasteiger partial charge < -0.3 is 15.2 Å². The van der Waals surface area contributed by atoms with Gasteiger partial charge in [-0.05, 0) is 54.5 Å². The number of hydrogen-bond acceptors (Lipinski definition) is 7. The highest BCUT2D eigenvalue weighted by molar-refractivity contribution is 6.00. The molecule has 0 fully saturated rings. The number of rotatable bonds is 15. The predicted molar refractivity (Wildman–Crippen MR) is 214 cm³/mol. The molecule has 0 bridgehead atoms. The van der Waals surface area contributed by atoms with Crippen molar-refractivity contribution in [3.63, 3.8) is 0 Å². The lowest BCUT2D eigenvalue weighted by molar-refractivity contribution is -0.128. The van der Waals surface area contributed by atoms with Crippen molar-refractivity contribution in [1.82, 2.24) is 15.1 Å². The first-order chi connectivity index (χ1) is 27.1. The number of nitrogens with one attached hydrogen (secondary N) is 2. The van der Waals surface area contributed by atoms with Crippen molar-refractivity contribution in [1.29, 1.82) is 5.41 Å². The number of nitrogens with two attached hydrogens (primary N) is 1. The molecule has 0 aliphatic heterocycles. The molecule has 1 atom stereocenters. The zero-order valence-electron chi connectivity index (χ0n) is 31.5. The maximum absolute atomic E-state index is 14.3. The number of amides is 4. The van der Waals surface area contributed by atoms with Gasteiger partial charge in [-0.1, -0.05) is 152 Å². The molecule has 11 heteroatoms. The Bertz CT molecular complexity index is 2010. The van der Waals surface area contributed by atoms with Gasteiger partial charge in [-0.2, -0.15) is 0 Å². The molecule has 0 aliphatic rings. The average Bonchev–Trinajstić information content (AvgIpc) is 3.22. The largest absolute Gasteiger partial charge is 0.445 e. The van der Waals surface area contributed by atoms with Crippen LogP contribution in [0.15, 0.2) is 152 Å². The first-order valence-corrected chi connectivity index (χ1v) is 18.4. The first kappa shape index (κ1) is 40.4. The van der Waals surface area contributed by atoms with E-state index in [9.17, 15) is 19.2 Å². The van der Waals surface area contributed by atoms with Gasteiger partial charge in [0.25, 0.3) is 5.91 Å². The van der Waals surface area contributed by atoms with Crippen LogP contribution in [0, 0.1) is 5.41 Å². The third-order valence-corrected chi connectivity index (χ3v) is 9.47. The van der Waals surface area contributed by atoms with Crippen LogP contribution in [-0.4, -0.2) is 52.3 Å². The molecule has 0 radical (unpaired) electrons. The van der Waals surface area contributed by atoms with Crippen LogP contribution >= 0.6 is 0 Å². The zero-order chi connectivity index (χ0) is 39.9. The number of imide groups is 1. The molecule has 4 amide bonds. The van der Waals surface area contributed by atoms with Gasteiger partial charge >= 0.3 is 12.2 Å². The van der Waals surface area contributed by atoms with Crippen LogP contribution in [0.4, 0.5) is 9.59 Å². The highest BCUT2D eigenvalue weighted by Crippen LogP contribution is 2.33. The molecular formula is C45H47N5O6. The number of hydrogen-bond donors (Lipinski definition) is 3. The molecule has 4 N–H and O–H groups in total. The van der Waals surface area contributed by atoms with Gasteiger partial charge in [0.15, 0.2) is 5.96 Å². The summed E-state index contributed by atoms with van der Waals surface area (Å²) in [6.07, 6.45) is -1.74. The standard InChI is InChI=1S/C45H47N5O6/c1-45(2,37-27-16-7-17-28-37)50(44(54)56-32-34-21-10-4-11-22-34)38(40(51)48-43(53)55-31-33-19-8-3-9-20-33)29-18-30-49(42(46)47)41(52)39(35-23-12-5-13-24-35)36-25-14-6-15-26-36/h3-17,19-28,38-39H,18,29-32H2,1-2H3,(H3,46,47)(H,48,51,53)/t38-/m1/s1. The molecule has 11 nitrogen and oxygen atoms in total. The number of benzene rings is 5. The lowest BCUT2D eigenvalue weighted by Crippen LogP contribution is -2.58. The maximum atomic E-state index is 14.3. The van der Waals surface area contributed by atoms with Crippen LogP contribution in [0.1, 0.15) is 60.4 Å². The summed E-state index contributed by atoms with van der Waals surface area (Å²) in [6.45, 7) is 3.36. The van der Waals surface area contributed by atoms with E-state index in [0.29, 0.717) is 5.56 Å². The second-order valence-electron chi connectivity index (χ2n) is 13.7. The minimum Gasteiger partial charge on any atom is -0.445 e. The number of ether oxygens (including phenoxy) is 2. The molecule has 5 rings (SSSR count). The van der Waals surface area contributed by atoms with Crippen molar-refractivity contribution in [2.45, 2.75) is 57.4 Å². The summed E-state index contributed by atoms with van der Waals surface area (Å²) in [6, 6.07) is 44.5. The Morgan fingerprint density at radius 1 is 0.679 bits per heavy atom. The summed E-state index contributed by atoms with van der Waals surface area (Å²) < 4.78 is 11.2. The molecule has 0 aromatic heterocycles. The first-order valence-electron chi connectivity index (χ1n) is 18.4. The Balaban J connectivity index is 1.45. The summed E-state index contributed by atoms with van der Waals surface area (Å²) in [5, 5.41) is 10.8. The van der Waals surface area contributed by atoms with Crippen LogP contribution in [0.25, 0.3) is 0 Å². The topological polar surface area (TPSA) is 155 Å². The Morgan fingerprint density at radius 3 is 1.61 bits per heavy atom. The fourth-order valence-electron chi connectivity index (χ4n) is 6.56. The molecular weight excluding hydrogens is 707 g/mol. The second-order valence-corrected chi connectivity index (χ2v) is 13.7. The number of guanidine groups is 1. The lowest BCUT2D eigenvalue weighted by atomic mass is 9.89. The molecule has 0 heterocycles. The molecule has 56 heavy (non-hydrogen) atoms. The highest BCUT2D eigenvalue weighted by Gasteiger charge is 2.43. The summed E-state index contributed by atoms with van der Waals surface area (Å²) in [4.78, 5) is 58.4. The number of carbonyl (C=O) groups is 4. The fourth-order valence-corrected chi connectivity index (χ4v) is 6.56. The van der Waals surface area contributed by atoms with Crippen LogP contribution in [-0.2, 0) is 37.8 Å². The van der Waals surface area contributed by atoms with Gasteiger partial charge in [0.1, 0.15) is 19.3 Å². The van der Waals surface area contributed by atoms with E-state index in [2.05, 4.69) is 5.32 Å². The van der Waals surface area contributed by atoms with Gasteiger partial charge in [0.05, 0.1) is 11.5 Å². The van der Waals surface area contributed by atoms with Crippen molar-refractivity contribution < 1.29 is 28.7 Å². The van der Waals surface area contributed by atoms with E-state index in [1.54, 1.807) is 38.1 Å². The predicted octanol–water partition coefficient (Wildman–Crippen LogP) is 7.72. The maximum Gasteiger partial charge on any atom is 0.414 e. The molecule has 0 spiro atoms. The van der Waals surface area contributed by atoms with Gasteiger partial charge in [-0.25, -0.2) is 9.59 Å². The number of alkyl carbamates (subject to hydrolysis) is 1. The van der Waals surface area contributed by atoms with Gasteiger partial charge in [-0.15, -0.1) is 0 Å². The van der Waals surface area contributed by atoms with Crippen molar-refractivity contribution in [2.75, 3.05) is 6.54 Å². The Hall–Kier alpha value is -6.75. The van der Waals surface area contributed by atoms with Crippen LogP contribution in [0.3, 0.4) is 0 Å². The number of carbonyl (C=O) groups excluding carboxylic acids is 4. The highest BCUT2D eigenvalue weighted by atomic mass is 16.6. The monoisotopic (exact) mass is 753 g/mol. The minimum absolute atomic E-state index is 0.0487. The SMILES string of the molecule is CC(C)(c1ccccc1)N(C(=O)OCc1ccccc1)[C@H](CCCN(C(=N)N)C(=O)C(c1ccccc1)c1ccccc1)C(=O)NC(=O)OCc1ccccc1. The zero-order valence-corrected chi connectivity index (χ0v) is 31.5. The van der Waals surface area contributed by atoms with Crippen LogP contribution in [0.2, 0.25) is 0 Å². The summed E-state index contributed by atoms with van der Waals surface area (Å²) in [5.74, 6) is -2.47. The van der Waals surface area contributed by atoms with E-state index in [0.717, 1.165) is 22.3 Å². The molecule has 0 aliphatic carbocycles. The van der Waals surface area contributed by atoms with Crippen LogP contribution < -0.4 is 11.1 Å². The van der Waals surface area contributed by atoms with E-state index >= 15 is 0 Å². The van der Waals surface area contributed by atoms with E-state index < -0.39 is 47.5 Å². The van der Waals surface area contributed by atoms with Crippen molar-refractivity contribution in [3.8, 4) is 0 Å². The molecule has 5 aromatic rings. The number of nitrogens with zero attached hydrogens (tertiary/aromatic N) is 2. The third-order valence-electron chi connectivity index (χ3n) is 9.47. The van der Waals surface area contributed by atoms with E-state index in [-0.39, 0.29) is 32.6 Å². The minimum atomic E-state index is -1.30. The lowest BCUT2D eigenvalue weighted by Gasteiger charge is -2.42. The van der Waals surface area contributed by atoms with Crippen molar-refractivity contribution in [3.05, 3.63) is 179 Å². The summed E-state index contributed by atoms with van der Waals surface area (Å²) in [5.41, 5.74) is 8.53. The molecule has 288 valence electrons. The van der Waals surface area contributed by atoms with E-state index in [1.807, 2.05) is 127 Å². The summed E-state index contributed by atoms with van der Waals surface area (Å²) in [7, 11) is 0. The van der Waals surface area contributed by atoms with Crippen molar-refractivity contribution in [2.24, 2.45) is 5.73 Å². The molecule has 5 aromatic carbocycles. The Kier molecular flexibility index (Phi) is 14.1. The smallest absolute Gasteiger partial charge is 0.414 e. The average molecular weight is 754 g/mol. The molecule has 0 unspecified atom stereocenters.